The zero-order chi connectivity index (χ0) is 14.7. The summed E-state index contributed by atoms with van der Waals surface area (Å²) in [6.07, 6.45) is 0. The SMILES string of the molecule is Nc1nnc(-c2ccc(OCc3ccccc3Cl)cc2)o1. The van der Waals surface area contributed by atoms with Crippen molar-refractivity contribution < 1.29 is 9.15 Å². The molecule has 21 heavy (non-hydrogen) atoms. The summed E-state index contributed by atoms with van der Waals surface area (Å²) in [5.41, 5.74) is 7.11. The van der Waals surface area contributed by atoms with Gasteiger partial charge in [-0.2, -0.15) is 0 Å². The van der Waals surface area contributed by atoms with Crippen molar-refractivity contribution in [2.45, 2.75) is 6.61 Å². The molecule has 0 aliphatic carbocycles. The number of hydrogen-bond donors (Lipinski definition) is 1. The van der Waals surface area contributed by atoms with Gasteiger partial charge in [0.15, 0.2) is 0 Å². The van der Waals surface area contributed by atoms with Crippen LogP contribution in [-0.4, -0.2) is 10.2 Å². The van der Waals surface area contributed by atoms with Crippen LogP contribution in [0.3, 0.4) is 0 Å². The predicted molar refractivity (Wildman–Crippen MR) is 79.9 cm³/mol. The van der Waals surface area contributed by atoms with Crippen LogP contribution in [0.15, 0.2) is 52.9 Å². The molecule has 0 spiro atoms. The van der Waals surface area contributed by atoms with E-state index >= 15 is 0 Å². The Morgan fingerprint density at radius 3 is 2.48 bits per heavy atom. The lowest BCUT2D eigenvalue weighted by Gasteiger charge is -2.07. The fraction of sp³-hybridized carbons (Fsp3) is 0.0667. The molecule has 0 saturated carbocycles. The predicted octanol–water partition coefficient (Wildman–Crippen LogP) is 3.55. The molecule has 3 rings (SSSR count). The van der Waals surface area contributed by atoms with E-state index in [2.05, 4.69) is 10.2 Å². The Labute approximate surface area is 126 Å². The van der Waals surface area contributed by atoms with Gasteiger partial charge >= 0.3 is 6.01 Å². The first-order valence-electron chi connectivity index (χ1n) is 6.28. The molecule has 1 aromatic heterocycles. The topological polar surface area (TPSA) is 74.2 Å². The largest absolute Gasteiger partial charge is 0.489 e. The lowest BCUT2D eigenvalue weighted by atomic mass is 10.2. The van der Waals surface area contributed by atoms with Crippen molar-refractivity contribution in [3.05, 3.63) is 59.1 Å². The molecule has 0 fully saturated rings. The van der Waals surface area contributed by atoms with Crippen LogP contribution in [-0.2, 0) is 6.61 Å². The molecule has 106 valence electrons. The highest BCUT2D eigenvalue weighted by Gasteiger charge is 2.06. The third-order valence-corrected chi connectivity index (χ3v) is 3.26. The second-order valence-corrected chi connectivity index (χ2v) is 4.76. The Bertz CT molecular complexity index is 741. The molecule has 2 N–H and O–H groups in total. The van der Waals surface area contributed by atoms with Crippen molar-refractivity contribution >= 4 is 17.6 Å². The van der Waals surface area contributed by atoms with Gasteiger partial charge in [0.1, 0.15) is 12.4 Å². The lowest BCUT2D eigenvalue weighted by Crippen LogP contribution is -1.95. The summed E-state index contributed by atoms with van der Waals surface area (Å²) in [7, 11) is 0. The minimum absolute atomic E-state index is 0.0454. The first-order valence-corrected chi connectivity index (χ1v) is 6.66. The molecule has 5 nitrogen and oxygen atoms in total. The molecule has 0 aliphatic heterocycles. The fourth-order valence-corrected chi connectivity index (χ4v) is 2.01. The summed E-state index contributed by atoms with van der Waals surface area (Å²) < 4.78 is 10.8. The quantitative estimate of drug-likeness (QED) is 0.797. The maximum Gasteiger partial charge on any atom is 0.313 e. The van der Waals surface area contributed by atoms with Crippen molar-refractivity contribution in [2.75, 3.05) is 5.73 Å². The van der Waals surface area contributed by atoms with Gasteiger partial charge in [0.25, 0.3) is 0 Å². The number of hydrogen-bond acceptors (Lipinski definition) is 5. The van der Waals surface area contributed by atoms with Crippen LogP contribution < -0.4 is 10.5 Å². The van der Waals surface area contributed by atoms with E-state index in [0.717, 1.165) is 16.9 Å². The van der Waals surface area contributed by atoms with Crippen LogP contribution >= 0.6 is 11.6 Å². The van der Waals surface area contributed by atoms with Crippen LogP contribution in [0.2, 0.25) is 5.02 Å². The summed E-state index contributed by atoms with van der Waals surface area (Å²) in [5.74, 6) is 1.11. The standard InChI is InChI=1S/C15H12ClN3O2/c16-13-4-2-1-3-11(13)9-20-12-7-5-10(6-8-12)14-18-19-15(17)21-14/h1-8H,9H2,(H2,17,19). The van der Waals surface area contributed by atoms with Crippen molar-refractivity contribution in [3.8, 4) is 17.2 Å². The van der Waals surface area contributed by atoms with Crippen LogP contribution in [0, 0.1) is 0 Å². The van der Waals surface area contributed by atoms with Gasteiger partial charge in [-0.05, 0) is 30.3 Å². The number of anilines is 1. The van der Waals surface area contributed by atoms with E-state index in [1.165, 1.54) is 0 Å². The van der Waals surface area contributed by atoms with E-state index in [1.807, 2.05) is 48.5 Å². The average molecular weight is 302 g/mol. The molecule has 0 atom stereocenters. The monoisotopic (exact) mass is 301 g/mol. The Balaban J connectivity index is 1.69. The third-order valence-electron chi connectivity index (χ3n) is 2.89. The highest BCUT2D eigenvalue weighted by Crippen LogP contribution is 2.23. The number of nitrogens with zero attached hydrogens (tertiary/aromatic N) is 2. The minimum Gasteiger partial charge on any atom is -0.489 e. The first-order chi connectivity index (χ1) is 10.2. The molecule has 0 bridgehead atoms. The van der Waals surface area contributed by atoms with Crippen molar-refractivity contribution in [1.82, 2.24) is 10.2 Å². The van der Waals surface area contributed by atoms with E-state index in [0.29, 0.717) is 17.5 Å². The van der Waals surface area contributed by atoms with Gasteiger partial charge < -0.3 is 14.9 Å². The molecule has 1 heterocycles. The van der Waals surface area contributed by atoms with Gasteiger partial charge in [0.05, 0.1) is 0 Å². The number of halogens is 1. The third kappa shape index (κ3) is 3.14. The number of rotatable bonds is 4. The number of ether oxygens (including phenoxy) is 1. The van der Waals surface area contributed by atoms with E-state index in [9.17, 15) is 0 Å². The summed E-state index contributed by atoms with van der Waals surface area (Å²) in [6, 6.07) is 14.9. The van der Waals surface area contributed by atoms with Crippen LogP contribution in [0.5, 0.6) is 5.75 Å². The van der Waals surface area contributed by atoms with Crippen molar-refractivity contribution in [3.63, 3.8) is 0 Å². The molecule has 6 heteroatoms. The molecular formula is C15H12ClN3O2. The molecular weight excluding hydrogens is 290 g/mol. The highest BCUT2D eigenvalue weighted by molar-refractivity contribution is 6.31. The Morgan fingerprint density at radius 1 is 1.05 bits per heavy atom. The fourth-order valence-electron chi connectivity index (χ4n) is 1.82. The zero-order valence-corrected chi connectivity index (χ0v) is 11.7. The Kier molecular flexibility index (Phi) is 3.75. The summed E-state index contributed by atoms with van der Waals surface area (Å²) in [4.78, 5) is 0. The van der Waals surface area contributed by atoms with E-state index in [4.69, 9.17) is 26.5 Å². The maximum absolute atomic E-state index is 6.08. The summed E-state index contributed by atoms with van der Waals surface area (Å²) in [5, 5.41) is 8.13. The van der Waals surface area contributed by atoms with Gasteiger partial charge in [-0.25, -0.2) is 0 Å². The van der Waals surface area contributed by atoms with E-state index in [1.54, 1.807) is 0 Å². The Morgan fingerprint density at radius 2 is 1.81 bits per heavy atom. The molecule has 0 radical (unpaired) electrons. The second-order valence-electron chi connectivity index (χ2n) is 4.35. The second kappa shape index (κ2) is 5.85. The van der Waals surface area contributed by atoms with Gasteiger partial charge in [0.2, 0.25) is 5.89 Å². The highest BCUT2D eigenvalue weighted by atomic mass is 35.5. The minimum atomic E-state index is 0.0454. The first kappa shape index (κ1) is 13.5. The normalized spacial score (nSPS) is 10.5. The van der Waals surface area contributed by atoms with Crippen LogP contribution in [0.4, 0.5) is 6.01 Å². The number of nitrogens with two attached hydrogens (primary N) is 1. The van der Waals surface area contributed by atoms with Gasteiger partial charge in [-0.3, -0.25) is 0 Å². The summed E-state index contributed by atoms with van der Waals surface area (Å²) >= 11 is 6.08. The molecule has 0 saturated heterocycles. The molecule has 0 aliphatic rings. The number of benzene rings is 2. The van der Waals surface area contributed by atoms with Gasteiger partial charge in [0, 0.05) is 16.1 Å². The average Bonchev–Trinajstić information content (AvgIpc) is 2.94. The summed E-state index contributed by atoms with van der Waals surface area (Å²) in [6.45, 7) is 0.409. The molecule has 3 aromatic rings. The number of nitrogen functional groups attached to an aromatic ring is 1. The molecule has 2 aromatic carbocycles. The van der Waals surface area contributed by atoms with Crippen LogP contribution in [0.1, 0.15) is 5.56 Å². The van der Waals surface area contributed by atoms with Crippen LogP contribution in [0.25, 0.3) is 11.5 Å². The zero-order valence-electron chi connectivity index (χ0n) is 11.0. The van der Waals surface area contributed by atoms with Gasteiger partial charge in [-0.15, -0.1) is 5.10 Å². The molecule has 0 amide bonds. The smallest absolute Gasteiger partial charge is 0.313 e. The maximum atomic E-state index is 6.08. The van der Waals surface area contributed by atoms with E-state index < -0.39 is 0 Å². The van der Waals surface area contributed by atoms with Crippen molar-refractivity contribution in [2.24, 2.45) is 0 Å². The Hall–Kier alpha value is -2.53. The van der Waals surface area contributed by atoms with Gasteiger partial charge in [-0.1, -0.05) is 34.9 Å². The number of aromatic nitrogens is 2. The van der Waals surface area contributed by atoms with Crippen molar-refractivity contribution in [1.29, 1.82) is 0 Å². The lowest BCUT2D eigenvalue weighted by molar-refractivity contribution is 0.306. The molecule has 0 unspecified atom stereocenters. The van der Waals surface area contributed by atoms with E-state index in [-0.39, 0.29) is 6.01 Å².